The summed E-state index contributed by atoms with van der Waals surface area (Å²) < 4.78 is 12.6. The Morgan fingerprint density at radius 1 is 1.40 bits per heavy atom. The number of aliphatic carboxylic acids is 1. The van der Waals surface area contributed by atoms with Gasteiger partial charge >= 0.3 is 5.97 Å². The Labute approximate surface area is 98.9 Å². The zero-order chi connectivity index (χ0) is 11.5. The Balaban J connectivity index is 3.43. The summed E-state index contributed by atoms with van der Waals surface area (Å²) in [6.07, 6.45) is 3.46. The third-order valence-electron chi connectivity index (χ3n) is 1.94. The normalized spacial score (nSPS) is 12.3. The molecule has 0 bridgehead atoms. The molecule has 0 aromatic rings. The van der Waals surface area contributed by atoms with Crippen molar-refractivity contribution in [1.82, 2.24) is 0 Å². The summed E-state index contributed by atoms with van der Waals surface area (Å²) >= 11 is 2.25. The summed E-state index contributed by atoms with van der Waals surface area (Å²) in [6, 6.07) is 0. The molecule has 0 aromatic heterocycles. The van der Waals surface area contributed by atoms with E-state index in [0.717, 1.165) is 37.1 Å². The monoisotopic (exact) mass is 251 g/mol. The number of hydrogen-bond acceptors (Lipinski definition) is 5. The highest BCUT2D eigenvalue weighted by Crippen LogP contribution is 2.20. The van der Waals surface area contributed by atoms with Gasteiger partial charge in [0.15, 0.2) is 0 Å². The summed E-state index contributed by atoms with van der Waals surface area (Å²) in [7, 11) is 0. The third kappa shape index (κ3) is 10.1. The molecule has 88 valence electrons. The average Bonchev–Trinajstić information content (AvgIpc) is 2.21. The van der Waals surface area contributed by atoms with Crippen molar-refractivity contribution in [2.75, 3.05) is 5.75 Å². The molecule has 0 rings (SSSR count). The first-order valence-corrected chi connectivity index (χ1v) is 6.58. The largest absolute Gasteiger partial charge is 0.481 e. The van der Waals surface area contributed by atoms with E-state index in [1.165, 1.54) is 11.9 Å². The molecule has 0 aliphatic carbocycles. The van der Waals surface area contributed by atoms with Crippen molar-refractivity contribution in [3.8, 4) is 0 Å². The SMILES string of the molecule is C=NSCCC(CCCCC(=O)O)SO. The molecule has 0 amide bonds. The highest BCUT2D eigenvalue weighted by Gasteiger charge is 2.08. The van der Waals surface area contributed by atoms with Crippen LogP contribution in [0.3, 0.4) is 0 Å². The van der Waals surface area contributed by atoms with Gasteiger partial charge in [-0.05, 0) is 50.0 Å². The van der Waals surface area contributed by atoms with Gasteiger partial charge in [-0.1, -0.05) is 6.42 Å². The van der Waals surface area contributed by atoms with Gasteiger partial charge in [-0.2, -0.15) is 0 Å². The lowest BCUT2D eigenvalue weighted by atomic mass is 10.1. The van der Waals surface area contributed by atoms with Gasteiger partial charge in [0.05, 0.1) is 0 Å². The third-order valence-corrected chi connectivity index (χ3v) is 3.31. The van der Waals surface area contributed by atoms with Gasteiger partial charge in [-0.25, -0.2) is 4.40 Å². The minimum absolute atomic E-state index is 0.188. The van der Waals surface area contributed by atoms with Crippen LogP contribution >= 0.6 is 24.0 Å². The lowest BCUT2D eigenvalue weighted by Crippen LogP contribution is -2.04. The van der Waals surface area contributed by atoms with Gasteiger partial charge in [0, 0.05) is 17.4 Å². The molecule has 0 aliphatic heterocycles. The number of rotatable bonds is 10. The fraction of sp³-hybridized carbons (Fsp3) is 0.778. The van der Waals surface area contributed by atoms with Crippen molar-refractivity contribution in [2.24, 2.45) is 4.40 Å². The molecule has 15 heavy (non-hydrogen) atoms. The smallest absolute Gasteiger partial charge is 0.303 e. The van der Waals surface area contributed by atoms with E-state index in [2.05, 4.69) is 11.1 Å². The van der Waals surface area contributed by atoms with Crippen LogP contribution in [-0.4, -0.2) is 33.3 Å². The van der Waals surface area contributed by atoms with Crippen molar-refractivity contribution >= 4 is 36.7 Å². The predicted molar refractivity (Wildman–Crippen MR) is 66.7 cm³/mol. The van der Waals surface area contributed by atoms with Crippen LogP contribution in [0.4, 0.5) is 0 Å². The van der Waals surface area contributed by atoms with Crippen LogP contribution < -0.4 is 0 Å². The standard InChI is InChI=1S/C9H17NO3S2/c1-10-14-7-6-8(15-13)4-2-3-5-9(11)12/h8,13H,1-7H2,(H,11,12). The number of carbonyl (C=O) groups is 1. The van der Waals surface area contributed by atoms with Gasteiger partial charge < -0.3 is 9.66 Å². The molecule has 1 atom stereocenters. The van der Waals surface area contributed by atoms with Crippen LogP contribution in [0.5, 0.6) is 0 Å². The number of carboxylic acids is 1. The lowest BCUT2D eigenvalue weighted by Gasteiger charge is -2.10. The first-order valence-electron chi connectivity index (χ1n) is 4.80. The van der Waals surface area contributed by atoms with Crippen molar-refractivity contribution in [3.05, 3.63) is 0 Å². The summed E-state index contributed by atoms with van der Waals surface area (Å²) in [4.78, 5) is 10.2. The molecule has 0 aliphatic rings. The summed E-state index contributed by atoms with van der Waals surface area (Å²) in [6.45, 7) is 3.36. The molecular formula is C9H17NO3S2. The zero-order valence-corrected chi connectivity index (χ0v) is 10.2. The van der Waals surface area contributed by atoms with Crippen molar-refractivity contribution in [1.29, 1.82) is 0 Å². The van der Waals surface area contributed by atoms with E-state index in [9.17, 15) is 4.79 Å². The van der Waals surface area contributed by atoms with Crippen LogP contribution in [0.15, 0.2) is 4.40 Å². The zero-order valence-electron chi connectivity index (χ0n) is 8.59. The van der Waals surface area contributed by atoms with E-state index in [4.69, 9.17) is 9.66 Å². The fourth-order valence-corrected chi connectivity index (χ4v) is 2.31. The Morgan fingerprint density at radius 3 is 2.67 bits per heavy atom. The molecule has 0 aromatic carbocycles. The van der Waals surface area contributed by atoms with E-state index in [-0.39, 0.29) is 11.7 Å². The summed E-state index contributed by atoms with van der Waals surface area (Å²) in [5.74, 6) is 0.0929. The van der Waals surface area contributed by atoms with Gasteiger partial charge in [-0.3, -0.25) is 4.79 Å². The van der Waals surface area contributed by atoms with Crippen LogP contribution in [0.25, 0.3) is 0 Å². The molecule has 0 saturated carbocycles. The second-order valence-corrected chi connectivity index (χ2v) is 4.92. The number of hydrogen-bond donors (Lipinski definition) is 2. The Kier molecular flexibility index (Phi) is 10.2. The number of nitrogens with zero attached hydrogens (tertiary/aromatic N) is 1. The average molecular weight is 251 g/mol. The Morgan fingerprint density at radius 2 is 2.13 bits per heavy atom. The van der Waals surface area contributed by atoms with E-state index in [0.29, 0.717) is 6.42 Å². The van der Waals surface area contributed by atoms with E-state index in [1.807, 2.05) is 0 Å². The molecular weight excluding hydrogens is 234 g/mol. The van der Waals surface area contributed by atoms with Crippen molar-refractivity contribution in [3.63, 3.8) is 0 Å². The number of unbranched alkanes of at least 4 members (excludes halogenated alkanes) is 1. The first-order chi connectivity index (χ1) is 7.20. The van der Waals surface area contributed by atoms with Gasteiger partial charge in [0.25, 0.3) is 0 Å². The van der Waals surface area contributed by atoms with Crippen LogP contribution in [0, 0.1) is 0 Å². The van der Waals surface area contributed by atoms with E-state index in [1.54, 1.807) is 0 Å². The highest BCUT2D eigenvalue weighted by atomic mass is 32.2. The van der Waals surface area contributed by atoms with E-state index >= 15 is 0 Å². The fourth-order valence-electron chi connectivity index (χ4n) is 1.15. The molecule has 4 nitrogen and oxygen atoms in total. The maximum Gasteiger partial charge on any atom is 0.303 e. The molecule has 1 unspecified atom stereocenters. The van der Waals surface area contributed by atoms with Gasteiger partial charge in [0.1, 0.15) is 0 Å². The quantitative estimate of drug-likeness (QED) is 0.270. The molecule has 2 N–H and O–H groups in total. The minimum atomic E-state index is -0.755. The van der Waals surface area contributed by atoms with Crippen molar-refractivity contribution < 1.29 is 14.5 Å². The minimum Gasteiger partial charge on any atom is -0.481 e. The first kappa shape index (κ1) is 14.8. The highest BCUT2D eigenvalue weighted by molar-refractivity contribution is 7.98. The van der Waals surface area contributed by atoms with Crippen LogP contribution in [-0.2, 0) is 4.79 Å². The lowest BCUT2D eigenvalue weighted by molar-refractivity contribution is -0.137. The van der Waals surface area contributed by atoms with Gasteiger partial charge in [-0.15, -0.1) is 0 Å². The van der Waals surface area contributed by atoms with Gasteiger partial charge in [0.2, 0.25) is 0 Å². The second-order valence-electron chi connectivity index (χ2n) is 3.12. The number of carboxylic acid groups (broad SMARTS) is 1. The predicted octanol–water partition coefficient (Wildman–Crippen LogP) is 2.95. The molecule has 6 heteroatoms. The molecule has 0 spiro atoms. The maximum absolute atomic E-state index is 10.2. The molecule has 0 saturated heterocycles. The molecule has 0 fully saturated rings. The molecule has 0 heterocycles. The second kappa shape index (κ2) is 10.3. The Bertz CT molecular complexity index is 190. The molecule has 0 radical (unpaired) electrons. The van der Waals surface area contributed by atoms with Crippen LogP contribution in [0.1, 0.15) is 32.1 Å². The summed E-state index contributed by atoms with van der Waals surface area (Å²) in [5.41, 5.74) is 0. The van der Waals surface area contributed by atoms with Crippen LogP contribution in [0.2, 0.25) is 0 Å². The van der Waals surface area contributed by atoms with E-state index < -0.39 is 5.97 Å². The maximum atomic E-state index is 10.2. The summed E-state index contributed by atoms with van der Waals surface area (Å²) in [5, 5.41) is 8.62. The van der Waals surface area contributed by atoms with Crippen molar-refractivity contribution in [2.45, 2.75) is 37.4 Å². The topological polar surface area (TPSA) is 69.9 Å². The Hall–Kier alpha value is -0.200.